The summed E-state index contributed by atoms with van der Waals surface area (Å²) in [5.41, 5.74) is 3.94. The van der Waals surface area contributed by atoms with Crippen molar-refractivity contribution in [1.82, 2.24) is 0 Å². The maximum Gasteiger partial charge on any atom is 0.119 e. The van der Waals surface area contributed by atoms with E-state index >= 15 is 0 Å². The number of methoxy groups -OCH3 is 1. The highest BCUT2D eigenvalue weighted by molar-refractivity contribution is 9.10. The molecule has 0 heterocycles. The largest absolute Gasteiger partial charge is 0.489 e. The van der Waals surface area contributed by atoms with Gasteiger partial charge in [0.25, 0.3) is 0 Å². The number of benzene rings is 2. The minimum Gasteiger partial charge on any atom is -0.489 e. The normalized spacial score (nSPS) is 11.0. The van der Waals surface area contributed by atoms with Crippen LogP contribution in [0.5, 0.6) is 5.75 Å². The summed E-state index contributed by atoms with van der Waals surface area (Å²) in [6.45, 7) is 5.78. The molecule has 0 saturated carbocycles. The lowest BCUT2D eigenvalue weighted by molar-refractivity contribution is 0.202. The molecule has 0 fully saturated rings. The van der Waals surface area contributed by atoms with Gasteiger partial charge in [-0.1, -0.05) is 48.0 Å². The van der Waals surface area contributed by atoms with Crippen LogP contribution in [-0.2, 0) is 17.8 Å². The highest BCUT2D eigenvalue weighted by Gasteiger charge is 2.08. The molecule has 0 bridgehead atoms. The van der Waals surface area contributed by atoms with E-state index in [1.165, 1.54) is 16.7 Å². The molecule has 0 saturated heterocycles. The standard InChI is InChI=1S/C19H23BrO2/c1-14(2)19-9-4-15(12-16(19)10-11-21-3)13-22-18-7-5-17(20)6-8-18/h4-9,12,14H,10-11,13H2,1-3H3. The van der Waals surface area contributed by atoms with Crippen molar-refractivity contribution in [3.63, 3.8) is 0 Å². The first-order valence-electron chi connectivity index (χ1n) is 7.59. The minimum atomic E-state index is 0.522. The number of hydrogen-bond acceptors (Lipinski definition) is 2. The topological polar surface area (TPSA) is 18.5 Å². The molecular weight excluding hydrogens is 340 g/mol. The van der Waals surface area contributed by atoms with Crippen LogP contribution < -0.4 is 4.74 Å². The van der Waals surface area contributed by atoms with Crippen molar-refractivity contribution in [1.29, 1.82) is 0 Å². The van der Waals surface area contributed by atoms with E-state index in [9.17, 15) is 0 Å². The highest BCUT2D eigenvalue weighted by Crippen LogP contribution is 2.23. The zero-order valence-electron chi connectivity index (χ0n) is 13.4. The lowest BCUT2D eigenvalue weighted by atomic mass is 9.94. The molecule has 0 aromatic heterocycles. The SMILES string of the molecule is COCCc1cc(COc2ccc(Br)cc2)ccc1C(C)C. The lowest BCUT2D eigenvalue weighted by Crippen LogP contribution is -2.04. The molecule has 0 aliphatic carbocycles. The Morgan fingerprint density at radius 2 is 1.77 bits per heavy atom. The van der Waals surface area contributed by atoms with Crippen LogP contribution in [0.25, 0.3) is 0 Å². The summed E-state index contributed by atoms with van der Waals surface area (Å²) in [4.78, 5) is 0. The average Bonchev–Trinajstić information content (AvgIpc) is 2.52. The number of rotatable bonds is 7. The van der Waals surface area contributed by atoms with Gasteiger partial charge >= 0.3 is 0 Å². The first-order valence-corrected chi connectivity index (χ1v) is 8.38. The van der Waals surface area contributed by atoms with E-state index in [2.05, 4.69) is 48.0 Å². The summed E-state index contributed by atoms with van der Waals surface area (Å²) in [5.74, 6) is 1.41. The molecule has 0 aliphatic heterocycles. The molecule has 2 nitrogen and oxygen atoms in total. The summed E-state index contributed by atoms with van der Waals surface area (Å²) in [5, 5.41) is 0. The van der Waals surface area contributed by atoms with Gasteiger partial charge in [-0.15, -0.1) is 0 Å². The summed E-state index contributed by atoms with van der Waals surface area (Å²) < 4.78 is 12.1. The monoisotopic (exact) mass is 362 g/mol. The van der Waals surface area contributed by atoms with Crippen LogP contribution in [0.2, 0.25) is 0 Å². The van der Waals surface area contributed by atoms with Gasteiger partial charge in [0.15, 0.2) is 0 Å². The Hall–Kier alpha value is -1.32. The third-order valence-electron chi connectivity index (χ3n) is 3.62. The van der Waals surface area contributed by atoms with Crippen LogP contribution in [-0.4, -0.2) is 13.7 Å². The first-order chi connectivity index (χ1) is 10.6. The van der Waals surface area contributed by atoms with Gasteiger partial charge in [-0.2, -0.15) is 0 Å². The van der Waals surface area contributed by atoms with Crippen molar-refractivity contribution in [3.8, 4) is 5.75 Å². The van der Waals surface area contributed by atoms with Crippen LogP contribution in [0.3, 0.4) is 0 Å². The maximum absolute atomic E-state index is 5.85. The van der Waals surface area contributed by atoms with Crippen LogP contribution in [0.4, 0.5) is 0 Å². The molecule has 22 heavy (non-hydrogen) atoms. The zero-order chi connectivity index (χ0) is 15.9. The Bertz CT molecular complexity index is 591. The fraction of sp³-hybridized carbons (Fsp3) is 0.368. The first kappa shape index (κ1) is 17.0. The van der Waals surface area contributed by atoms with E-state index in [0.29, 0.717) is 12.5 Å². The minimum absolute atomic E-state index is 0.522. The van der Waals surface area contributed by atoms with Gasteiger partial charge < -0.3 is 9.47 Å². The molecule has 0 spiro atoms. The second-order valence-corrected chi connectivity index (χ2v) is 6.59. The van der Waals surface area contributed by atoms with Gasteiger partial charge in [-0.25, -0.2) is 0 Å². The molecule has 118 valence electrons. The molecule has 2 rings (SSSR count). The van der Waals surface area contributed by atoms with Crippen molar-refractivity contribution in [2.24, 2.45) is 0 Å². The second-order valence-electron chi connectivity index (χ2n) is 5.67. The Kier molecular flexibility index (Phi) is 6.47. The van der Waals surface area contributed by atoms with Gasteiger partial charge in [0.2, 0.25) is 0 Å². The molecular formula is C19H23BrO2. The van der Waals surface area contributed by atoms with Crippen LogP contribution in [0.1, 0.15) is 36.5 Å². The van der Waals surface area contributed by atoms with Gasteiger partial charge in [-0.05, 0) is 53.3 Å². The molecule has 0 radical (unpaired) electrons. The van der Waals surface area contributed by atoms with E-state index < -0.39 is 0 Å². The number of ether oxygens (including phenoxy) is 2. The Balaban J connectivity index is 2.08. The van der Waals surface area contributed by atoms with Crippen LogP contribution >= 0.6 is 15.9 Å². The molecule has 0 atom stereocenters. The molecule has 2 aromatic rings. The predicted molar refractivity (Wildman–Crippen MR) is 94.6 cm³/mol. The van der Waals surface area contributed by atoms with Gasteiger partial charge in [-0.3, -0.25) is 0 Å². The van der Waals surface area contributed by atoms with Crippen molar-refractivity contribution >= 4 is 15.9 Å². The summed E-state index contributed by atoms with van der Waals surface area (Å²) in [6.07, 6.45) is 0.941. The highest BCUT2D eigenvalue weighted by atomic mass is 79.9. The van der Waals surface area contributed by atoms with Gasteiger partial charge in [0.1, 0.15) is 12.4 Å². The quantitative estimate of drug-likeness (QED) is 0.661. The van der Waals surface area contributed by atoms with E-state index in [1.807, 2.05) is 24.3 Å². The summed E-state index contributed by atoms with van der Waals surface area (Å²) in [7, 11) is 1.75. The van der Waals surface area contributed by atoms with E-state index in [4.69, 9.17) is 9.47 Å². The van der Waals surface area contributed by atoms with E-state index in [1.54, 1.807) is 7.11 Å². The second kappa shape index (κ2) is 8.35. The van der Waals surface area contributed by atoms with Crippen molar-refractivity contribution in [3.05, 3.63) is 63.6 Å². The van der Waals surface area contributed by atoms with E-state index in [-0.39, 0.29) is 0 Å². The Morgan fingerprint density at radius 3 is 2.41 bits per heavy atom. The van der Waals surface area contributed by atoms with Gasteiger partial charge in [0.05, 0.1) is 6.61 Å². The summed E-state index contributed by atoms with van der Waals surface area (Å²) in [6, 6.07) is 14.5. The molecule has 3 heteroatoms. The van der Waals surface area contributed by atoms with E-state index in [0.717, 1.165) is 23.2 Å². The third-order valence-corrected chi connectivity index (χ3v) is 4.15. The lowest BCUT2D eigenvalue weighted by Gasteiger charge is -2.15. The van der Waals surface area contributed by atoms with Crippen molar-refractivity contribution < 1.29 is 9.47 Å². The molecule has 2 aromatic carbocycles. The Labute approximate surface area is 141 Å². The average molecular weight is 363 g/mol. The smallest absolute Gasteiger partial charge is 0.119 e. The summed E-state index contributed by atoms with van der Waals surface area (Å²) >= 11 is 3.43. The fourth-order valence-corrected chi connectivity index (χ4v) is 2.70. The third kappa shape index (κ3) is 4.85. The fourth-order valence-electron chi connectivity index (χ4n) is 2.44. The maximum atomic E-state index is 5.85. The number of halogens is 1. The molecule has 0 amide bonds. The number of hydrogen-bond donors (Lipinski definition) is 0. The van der Waals surface area contributed by atoms with Gasteiger partial charge in [0, 0.05) is 11.6 Å². The molecule has 0 aliphatic rings. The zero-order valence-corrected chi connectivity index (χ0v) is 15.0. The molecule has 0 N–H and O–H groups in total. The van der Waals surface area contributed by atoms with Crippen molar-refractivity contribution in [2.75, 3.05) is 13.7 Å². The van der Waals surface area contributed by atoms with Crippen LogP contribution in [0, 0.1) is 0 Å². The molecule has 0 unspecified atom stereocenters. The predicted octanol–water partition coefficient (Wildman–Crippen LogP) is 5.34. The Morgan fingerprint density at radius 1 is 1.05 bits per heavy atom. The van der Waals surface area contributed by atoms with Crippen molar-refractivity contribution in [2.45, 2.75) is 32.8 Å². The van der Waals surface area contributed by atoms with Crippen LogP contribution in [0.15, 0.2) is 46.9 Å².